The first-order valence-corrected chi connectivity index (χ1v) is 13.0. The van der Waals surface area contributed by atoms with Crippen LogP contribution in [0.3, 0.4) is 0 Å². The quantitative estimate of drug-likeness (QED) is 0.374. The van der Waals surface area contributed by atoms with Gasteiger partial charge in [-0.25, -0.2) is 17.2 Å². The van der Waals surface area contributed by atoms with E-state index in [1.807, 2.05) is 4.90 Å². The summed E-state index contributed by atoms with van der Waals surface area (Å²) in [6, 6.07) is 15.2. The Balaban J connectivity index is 1.34. The fourth-order valence-corrected chi connectivity index (χ4v) is 5.54. The lowest BCUT2D eigenvalue weighted by molar-refractivity contribution is -0.137. The molecule has 3 aromatic carbocycles. The van der Waals surface area contributed by atoms with Crippen molar-refractivity contribution in [3.63, 3.8) is 0 Å². The van der Waals surface area contributed by atoms with E-state index in [1.165, 1.54) is 28.6 Å². The van der Waals surface area contributed by atoms with Crippen LogP contribution in [0.25, 0.3) is 0 Å². The van der Waals surface area contributed by atoms with Gasteiger partial charge < -0.3 is 4.74 Å². The molecule has 11 heteroatoms. The molecule has 5 nitrogen and oxygen atoms in total. The lowest BCUT2D eigenvalue weighted by Crippen LogP contribution is -2.49. The van der Waals surface area contributed by atoms with Crippen molar-refractivity contribution in [1.29, 1.82) is 0 Å². The lowest BCUT2D eigenvalue weighted by atomic mass is 10.0. The lowest BCUT2D eigenvalue weighted by Gasteiger charge is -2.34. The summed E-state index contributed by atoms with van der Waals surface area (Å²) < 4.78 is 98.2. The smallest absolute Gasteiger partial charge is 0.367 e. The number of benzene rings is 3. The van der Waals surface area contributed by atoms with Crippen LogP contribution in [0.1, 0.15) is 22.8 Å². The Morgan fingerprint density at radius 2 is 1.24 bits per heavy atom. The molecule has 0 atom stereocenters. The number of sulfonamides is 1. The van der Waals surface area contributed by atoms with Crippen molar-refractivity contribution >= 4 is 10.0 Å². The van der Waals surface area contributed by atoms with Gasteiger partial charge in [0, 0.05) is 32.7 Å². The van der Waals surface area contributed by atoms with Crippen LogP contribution in [-0.2, 0) is 20.9 Å². The zero-order chi connectivity index (χ0) is 26.6. The van der Waals surface area contributed by atoms with Gasteiger partial charge in [0.2, 0.25) is 10.0 Å². The van der Waals surface area contributed by atoms with E-state index in [2.05, 4.69) is 0 Å². The van der Waals surface area contributed by atoms with Crippen molar-refractivity contribution in [2.45, 2.75) is 17.2 Å². The molecule has 1 aliphatic heterocycles. The SMILES string of the molecule is O=S(=O)(c1ccc(C(F)(F)F)cc1)N1CCN(CCOC(c2ccc(F)cc2)c2ccc(F)cc2)CC1. The number of piperazine rings is 1. The molecule has 0 bridgehead atoms. The second kappa shape index (κ2) is 11.3. The van der Waals surface area contributed by atoms with Gasteiger partial charge >= 0.3 is 6.18 Å². The molecule has 0 radical (unpaired) electrons. The molecule has 0 spiro atoms. The summed E-state index contributed by atoms with van der Waals surface area (Å²) in [5.41, 5.74) is 0.511. The van der Waals surface area contributed by atoms with Crippen LogP contribution in [0.5, 0.6) is 0 Å². The fraction of sp³-hybridized carbons (Fsp3) is 0.308. The number of nitrogens with zero attached hydrogens (tertiary/aromatic N) is 2. The molecule has 0 aromatic heterocycles. The van der Waals surface area contributed by atoms with Gasteiger partial charge in [0.15, 0.2) is 0 Å². The predicted molar refractivity (Wildman–Crippen MR) is 127 cm³/mol. The van der Waals surface area contributed by atoms with E-state index < -0.39 is 27.9 Å². The van der Waals surface area contributed by atoms with E-state index in [1.54, 1.807) is 24.3 Å². The number of hydrogen-bond donors (Lipinski definition) is 0. The van der Waals surface area contributed by atoms with Crippen molar-refractivity contribution in [2.24, 2.45) is 0 Å². The Morgan fingerprint density at radius 1 is 0.757 bits per heavy atom. The predicted octanol–water partition coefficient (Wildman–Crippen LogP) is 5.10. The molecular weight excluding hydrogens is 515 g/mol. The summed E-state index contributed by atoms with van der Waals surface area (Å²) in [6.07, 6.45) is -5.08. The molecular formula is C26H25F5N2O3S. The van der Waals surface area contributed by atoms with Gasteiger partial charge in [-0.15, -0.1) is 0 Å². The van der Waals surface area contributed by atoms with E-state index in [0.717, 1.165) is 24.3 Å². The molecule has 1 aliphatic rings. The largest absolute Gasteiger partial charge is 0.416 e. The van der Waals surface area contributed by atoms with Crippen molar-refractivity contribution < 1.29 is 35.1 Å². The maximum absolute atomic E-state index is 13.4. The molecule has 3 aromatic rings. The van der Waals surface area contributed by atoms with Crippen LogP contribution >= 0.6 is 0 Å². The van der Waals surface area contributed by atoms with E-state index in [-0.39, 0.29) is 36.2 Å². The van der Waals surface area contributed by atoms with Crippen molar-refractivity contribution in [2.75, 3.05) is 39.3 Å². The van der Waals surface area contributed by atoms with Gasteiger partial charge in [-0.2, -0.15) is 17.5 Å². The summed E-state index contributed by atoms with van der Waals surface area (Å²) >= 11 is 0. The highest BCUT2D eigenvalue weighted by molar-refractivity contribution is 7.89. The average Bonchev–Trinajstić information content (AvgIpc) is 2.88. The van der Waals surface area contributed by atoms with Gasteiger partial charge in [-0.3, -0.25) is 4.90 Å². The molecule has 0 N–H and O–H groups in total. The molecule has 1 saturated heterocycles. The first-order valence-electron chi connectivity index (χ1n) is 11.6. The summed E-state index contributed by atoms with van der Waals surface area (Å²) in [4.78, 5) is 1.84. The highest BCUT2D eigenvalue weighted by Crippen LogP contribution is 2.30. The highest BCUT2D eigenvalue weighted by atomic mass is 32.2. The third kappa shape index (κ3) is 6.72. The number of hydrogen-bond acceptors (Lipinski definition) is 4. The zero-order valence-electron chi connectivity index (χ0n) is 19.7. The number of ether oxygens (including phenoxy) is 1. The Hall–Kier alpha value is -2.86. The Labute approximate surface area is 212 Å². The number of rotatable bonds is 8. The Kier molecular flexibility index (Phi) is 8.27. The number of alkyl halides is 3. The minimum atomic E-state index is -4.54. The minimum absolute atomic E-state index is 0.182. The topological polar surface area (TPSA) is 49.9 Å². The third-order valence-electron chi connectivity index (χ3n) is 6.19. The van der Waals surface area contributed by atoms with E-state index >= 15 is 0 Å². The first-order chi connectivity index (χ1) is 17.5. The summed E-state index contributed by atoms with van der Waals surface area (Å²) in [6.45, 7) is 1.98. The molecule has 1 heterocycles. The van der Waals surface area contributed by atoms with Crippen LogP contribution in [0.4, 0.5) is 22.0 Å². The van der Waals surface area contributed by atoms with Crippen LogP contribution in [0.15, 0.2) is 77.7 Å². The first kappa shape index (κ1) is 27.2. The van der Waals surface area contributed by atoms with Gasteiger partial charge in [0.1, 0.15) is 17.7 Å². The summed E-state index contributed by atoms with van der Waals surface area (Å²) in [5, 5.41) is 0. The molecule has 4 rings (SSSR count). The minimum Gasteiger partial charge on any atom is -0.367 e. The summed E-state index contributed by atoms with van der Waals surface area (Å²) in [7, 11) is -3.91. The van der Waals surface area contributed by atoms with E-state index in [9.17, 15) is 30.4 Å². The maximum atomic E-state index is 13.4. The molecule has 37 heavy (non-hydrogen) atoms. The van der Waals surface area contributed by atoms with Crippen molar-refractivity contribution in [1.82, 2.24) is 9.21 Å². The van der Waals surface area contributed by atoms with Gasteiger partial charge in [-0.05, 0) is 59.7 Å². The van der Waals surface area contributed by atoms with Crippen molar-refractivity contribution in [3.05, 3.63) is 101 Å². The molecule has 0 unspecified atom stereocenters. The molecule has 0 aliphatic carbocycles. The highest BCUT2D eigenvalue weighted by Gasteiger charge is 2.32. The van der Waals surface area contributed by atoms with E-state index in [4.69, 9.17) is 4.74 Å². The van der Waals surface area contributed by atoms with Crippen LogP contribution < -0.4 is 0 Å². The Bertz CT molecular complexity index is 1230. The molecule has 0 amide bonds. The maximum Gasteiger partial charge on any atom is 0.416 e. The standard InChI is InChI=1S/C26H25F5N2O3S/c27-22-7-1-19(2-8-22)25(20-3-9-23(28)10-4-20)36-18-17-32-13-15-33(16-14-32)37(34,35)24-11-5-21(6-12-24)26(29,30)31/h1-12,25H,13-18H2. The van der Waals surface area contributed by atoms with E-state index in [0.29, 0.717) is 30.8 Å². The van der Waals surface area contributed by atoms with Crippen molar-refractivity contribution in [3.8, 4) is 0 Å². The molecule has 198 valence electrons. The average molecular weight is 541 g/mol. The third-order valence-corrected chi connectivity index (χ3v) is 8.10. The molecule has 1 fully saturated rings. The second-order valence-electron chi connectivity index (χ2n) is 8.62. The van der Waals surface area contributed by atoms with Crippen LogP contribution in [0.2, 0.25) is 0 Å². The monoisotopic (exact) mass is 540 g/mol. The van der Waals surface area contributed by atoms with Crippen LogP contribution in [-0.4, -0.2) is 57.0 Å². The fourth-order valence-electron chi connectivity index (χ4n) is 4.12. The van der Waals surface area contributed by atoms with Gasteiger partial charge in [-0.1, -0.05) is 24.3 Å². The second-order valence-corrected chi connectivity index (χ2v) is 10.6. The van der Waals surface area contributed by atoms with Crippen LogP contribution in [0, 0.1) is 11.6 Å². The Morgan fingerprint density at radius 3 is 1.70 bits per heavy atom. The summed E-state index contributed by atoms with van der Waals surface area (Å²) in [5.74, 6) is -0.767. The zero-order valence-corrected chi connectivity index (χ0v) is 20.5. The normalized spacial score (nSPS) is 15.8. The molecule has 0 saturated carbocycles. The number of halogens is 5. The van der Waals surface area contributed by atoms with Gasteiger partial charge in [0.25, 0.3) is 0 Å². The van der Waals surface area contributed by atoms with Gasteiger partial charge in [0.05, 0.1) is 17.1 Å².